The third-order valence-electron chi connectivity index (χ3n) is 3.19. The Balaban J connectivity index is 2.20. The van der Waals surface area contributed by atoms with Crippen LogP contribution in [0.15, 0.2) is 29.8 Å². The monoisotopic (exact) mass is 296 g/mol. The first-order valence-corrected chi connectivity index (χ1v) is 6.64. The van der Waals surface area contributed by atoms with Crippen molar-refractivity contribution >= 4 is 17.7 Å². The first-order chi connectivity index (χ1) is 10.5. The van der Waals surface area contributed by atoms with Crippen LogP contribution in [0.1, 0.15) is 17.0 Å². The van der Waals surface area contributed by atoms with Gasteiger partial charge in [-0.1, -0.05) is 0 Å². The summed E-state index contributed by atoms with van der Waals surface area (Å²) in [5.74, 6) is 0.228. The van der Waals surface area contributed by atoms with E-state index in [-0.39, 0.29) is 5.57 Å². The number of benzene rings is 1. The summed E-state index contributed by atoms with van der Waals surface area (Å²) in [5.41, 5.74) is 2.91. The minimum Gasteiger partial charge on any atom is -0.497 e. The van der Waals surface area contributed by atoms with Gasteiger partial charge in [-0.3, -0.25) is 9.89 Å². The summed E-state index contributed by atoms with van der Waals surface area (Å²) >= 11 is 0. The molecule has 0 radical (unpaired) electrons. The summed E-state index contributed by atoms with van der Waals surface area (Å²) in [6.45, 7) is 3.65. The number of aryl methyl sites for hydroxylation is 2. The van der Waals surface area contributed by atoms with E-state index in [1.54, 1.807) is 31.4 Å². The van der Waals surface area contributed by atoms with E-state index in [0.717, 1.165) is 17.0 Å². The summed E-state index contributed by atoms with van der Waals surface area (Å²) < 4.78 is 5.05. The van der Waals surface area contributed by atoms with Crippen LogP contribution in [0.3, 0.4) is 0 Å². The predicted molar refractivity (Wildman–Crippen MR) is 83.3 cm³/mol. The van der Waals surface area contributed by atoms with E-state index in [0.29, 0.717) is 11.4 Å². The van der Waals surface area contributed by atoms with Crippen LogP contribution in [0.4, 0.5) is 5.69 Å². The number of hydrogen-bond acceptors (Lipinski definition) is 4. The average Bonchev–Trinajstić information content (AvgIpc) is 2.84. The molecule has 1 amide bonds. The topological polar surface area (TPSA) is 90.8 Å². The van der Waals surface area contributed by atoms with Crippen molar-refractivity contribution in [3.63, 3.8) is 0 Å². The van der Waals surface area contributed by atoms with Crippen LogP contribution in [-0.4, -0.2) is 23.2 Å². The molecule has 1 heterocycles. The third-order valence-corrected chi connectivity index (χ3v) is 3.19. The molecule has 0 bridgehead atoms. The highest BCUT2D eigenvalue weighted by Gasteiger charge is 2.12. The zero-order valence-corrected chi connectivity index (χ0v) is 12.6. The molecule has 0 saturated heterocycles. The van der Waals surface area contributed by atoms with Gasteiger partial charge in [0.25, 0.3) is 5.91 Å². The molecule has 112 valence electrons. The Bertz CT molecular complexity index is 732. The number of nitrogens with zero attached hydrogens (tertiary/aromatic N) is 2. The molecule has 1 aromatic heterocycles. The molecular weight excluding hydrogens is 280 g/mol. The highest BCUT2D eigenvalue weighted by molar-refractivity contribution is 6.09. The minimum atomic E-state index is -0.465. The lowest BCUT2D eigenvalue weighted by Gasteiger charge is -2.05. The number of ether oxygens (including phenoxy) is 1. The summed E-state index contributed by atoms with van der Waals surface area (Å²) in [5, 5.41) is 18.7. The van der Waals surface area contributed by atoms with Gasteiger partial charge >= 0.3 is 0 Å². The van der Waals surface area contributed by atoms with Crippen LogP contribution in [0, 0.1) is 25.2 Å². The number of aromatic amines is 1. The largest absolute Gasteiger partial charge is 0.497 e. The zero-order chi connectivity index (χ0) is 16.1. The fourth-order valence-electron chi connectivity index (χ4n) is 1.94. The summed E-state index contributed by atoms with van der Waals surface area (Å²) in [6, 6.07) is 8.80. The number of H-pyrrole nitrogens is 1. The Morgan fingerprint density at radius 2 is 2.05 bits per heavy atom. The number of nitrogens with one attached hydrogen (secondary N) is 2. The first kappa shape index (κ1) is 15.3. The van der Waals surface area contributed by atoms with Crippen LogP contribution < -0.4 is 10.1 Å². The Labute approximate surface area is 128 Å². The number of hydrogen-bond donors (Lipinski definition) is 2. The number of methoxy groups -OCH3 is 1. The van der Waals surface area contributed by atoms with Crippen molar-refractivity contribution in [2.75, 3.05) is 12.4 Å². The normalized spacial score (nSPS) is 10.9. The maximum Gasteiger partial charge on any atom is 0.266 e. The summed E-state index contributed by atoms with van der Waals surface area (Å²) in [4.78, 5) is 12.2. The van der Waals surface area contributed by atoms with Crippen LogP contribution in [0.2, 0.25) is 0 Å². The van der Waals surface area contributed by atoms with E-state index in [9.17, 15) is 10.1 Å². The fourth-order valence-corrected chi connectivity index (χ4v) is 1.94. The average molecular weight is 296 g/mol. The smallest absolute Gasteiger partial charge is 0.266 e. The van der Waals surface area contributed by atoms with Crippen molar-refractivity contribution in [1.82, 2.24) is 10.2 Å². The molecule has 2 rings (SSSR count). The van der Waals surface area contributed by atoms with Crippen molar-refractivity contribution in [2.24, 2.45) is 0 Å². The van der Waals surface area contributed by atoms with Crippen LogP contribution in [0.25, 0.3) is 6.08 Å². The second kappa shape index (κ2) is 6.59. The molecule has 2 aromatic rings. The Kier molecular flexibility index (Phi) is 4.59. The third kappa shape index (κ3) is 3.33. The molecular formula is C16H16N4O2. The molecule has 0 unspecified atom stereocenters. The summed E-state index contributed by atoms with van der Waals surface area (Å²) in [7, 11) is 1.57. The van der Waals surface area contributed by atoms with E-state index < -0.39 is 5.91 Å². The number of amides is 1. The van der Waals surface area contributed by atoms with Crippen molar-refractivity contribution in [3.05, 3.63) is 46.8 Å². The van der Waals surface area contributed by atoms with Gasteiger partial charge in [0.2, 0.25) is 0 Å². The molecule has 0 atom stereocenters. The van der Waals surface area contributed by atoms with Crippen molar-refractivity contribution in [2.45, 2.75) is 13.8 Å². The van der Waals surface area contributed by atoms with E-state index in [1.165, 1.54) is 6.08 Å². The van der Waals surface area contributed by atoms with Crippen LogP contribution in [0.5, 0.6) is 5.75 Å². The summed E-state index contributed by atoms with van der Waals surface area (Å²) in [6.07, 6.45) is 1.53. The molecule has 1 aromatic carbocycles. The number of rotatable bonds is 4. The molecule has 6 nitrogen and oxygen atoms in total. The minimum absolute atomic E-state index is 0.0171. The highest BCUT2D eigenvalue weighted by Crippen LogP contribution is 2.17. The van der Waals surface area contributed by atoms with Crippen LogP contribution in [-0.2, 0) is 4.79 Å². The van der Waals surface area contributed by atoms with Gasteiger partial charge in [-0.25, -0.2) is 0 Å². The zero-order valence-electron chi connectivity index (χ0n) is 12.6. The molecule has 22 heavy (non-hydrogen) atoms. The second-order valence-electron chi connectivity index (χ2n) is 4.70. The van der Waals surface area contributed by atoms with Gasteiger partial charge in [-0.15, -0.1) is 0 Å². The molecule has 2 N–H and O–H groups in total. The van der Waals surface area contributed by atoms with E-state index in [4.69, 9.17) is 4.74 Å². The SMILES string of the molecule is COc1ccc(NC(=O)C(C#N)=Cc2c(C)n[nH]c2C)cc1. The Hall–Kier alpha value is -3.07. The quantitative estimate of drug-likeness (QED) is 0.670. The maximum atomic E-state index is 12.2. The molecule has 0 saturated carbocycles. The maximum absolute atomic E-state index is 12.2. The van der Waals surface area contributed by atoms with Crippen LogP contribution >= 0.6 is 0 Å². The molecule has 0 aliphatic carbocycles. The lowest BCUT2D eigenvalue weighted by atomic mass is 10.1. The second-order valence-corrected chi connectivity index (χ2v) is 4.70. The number of carbonyl (C=O) groups is 1. The van der Waals surface area contributed by atoms with Crippen molar-refractivity contribution in [1.29, 1.82) is 5.26 Å². The predicted octanol–water partition coefficient (Wildman–Crippen LogP) is 2.58. The molecule has 6 heteroatoms. The van der Waals surface area contributed by atoms with E-state index >= 15 is 0 Å². The molecule has 0 spiro atoms. The molecule has 0 aliphatic heterocycles. The van der Waals surface area contributed by atoms with Crippen molar-refractivity contribution in [3.8, 4) is 11.8 Å². The Morgan fingerprint density at radius 1 is 1.36 bits per heavy atom. The Morgan fingerprint density at radius 3 is 2.55 bits per heavy atom. The lowest BCUT2D eigenvalue weighted by Crippen LogP contribution is -2.13. The van der Waals surface area contributed by atoms with Gasteiger partial charge in [-0.2, -0.15) is 10.4 Å². The highest BCUT2D eigenvalue weighted by atomic mass is 16.5. The van der Waals surface area contributed by atoms with Gasteiger partial charge < -0.3 is 10.1 Å². The fraction of sp³-hybridized carbons (Fsp3) is 0.188. The number of nitriles is 1. The first-order valence-electron chi connectivity index (χ1n) is 6.64. The van der Waals surface area contributed by atoms with Crippen molar-refractivity contribution < 1.29 is 9.53 Å². The van der Waals surface area contributed by atoms with Gasteiger partial charge in [0, 0.05) is 16.9 Å². The van der Waals surface area contributed by atoms with E-state index in [1.807, 2.05) is 19.9 Å². The lowest BCUT2D eigenvalue weighted by molar-refractivity contribution is -0.112. The standard InChI is InChI=1S/C16H16N4O2/c1-10-15(11(2)20-19-10)8-12(9-17)16(21)18-13-4-6-14(22-3)7-5-13/h4-8H,1-3H3,(H,18,21)(H,19,20). The van der Waals surface area contributed by atoms with Gasteiger partial charge in [0.05, 0.1) is 12.8 Å². The van der Waals surface area contributed by atoms with Gasteiger partial charge in [-0.05, 0) is 44.2 Å². The van der Waals surface area contributed by atoms with Gasteiger partial charge in [0.15, 0.2) is 0 Å². The van der Waals surface area contributed by atoms with E-state index in [2.05, 4.69) is 15.5 Å². The number of carbonyl (C=O) groups excluding carboxylic acids is 1. The number of aromatic nitrogens is 2. The molecule has 0 aliphatic rings. The van der Waals surface area contributed by atoms with Gasteiger partial charge in [0.1, 0.15) is 17.4 Å². The number of anilines is 1. The molecule has 0 fully saturated rings.